The Labute approximate surface area is 117 Å². The predicted molar refractivity (Wildman–Crippen MR) is 80.7 cm³/mol. The number of halogens is 1. The van der Waals surface area contributed by atoms with Crippen LogP contribution >= 0.6 is 15.9 Å². The van der Waals surface area contributed by atoms with Gasteiger partial charge in [-0.25, -0.2) is 0 Å². The molecule has 0 amide bonds. The molecule has 0 aliphatic heterocycles. The van der Waals surface area contributed by atoms with Crippen molar-refractivity contribution < 1.29 is 0 Å². The summed E-state index contributed by atoms with van der Waals surface area (Å²) in [6.07, 6.45) is 0.938. The molecule has 1 unspecified atom stereocenters. The van der Waals surface area contributed by atoms with Crippen molar-refractivity contribution in [2.75, 3.05) is 6.54 Å². The van der Waals surface area contributed by atoms with Gasteiger partial charge in [0.2, 0.25) is 0 Å². The SMILES string of the molecule is CC(CCN)(c1ccccc1)c1cccc(Br)c1. The van der Waals surface area contributed by atoms with Gasteiger partial charge in [-0.05, 0) is 36.2 Å². The molecule has 18 heavy (non-hydrogen) atoms. The van der Waals surface area contributed by atoms with E-state index >= 15 is 0 Å². The summed E-state index contributed by atoms with van der Waals surface area (Å²) < 4.78 is 1.11. The third-order valence-electron chi connectivity index (χ3n) is 3.52. The van der Waals surface area contributed by atoms with Crippen LogP contribution in [0.25, 0.3) is 0 Å². The summed E-state index contributed by atoms with van der Waals surface area (Å²) in [6, 6.07) is 19.1. The Balaban J connectivity index is 2.50. The van der Waals surface area contributed by atoms with E-state index in [1.165, 1.54) is 11.1 Å². The maximum Gasteiger partial charge on any atom is 0.0187 e. The highest BCUT2D eigenvalue weighted by molar-refractivity contribution is 9.10. The molecule has 0 bridgehead atoms. The average Bonchev–Trinajstić information content (AvgIpc) is 2.40. The van der Waals surface area contributed by atoms with Crippen molar-refractivity contribution >= 4 is 15.9 Å². The monoisotopic (exact) mass is 303 g/mol. The van der Waals surface area contributed by atoms with Crippen molar-refractivity contribution in [3.8, 4) is 0 Å². The van der Waals surface area contributed by atoms with Gasteiger partial charge in [-0.2, -0.15) is 0 Å². The lowest BCUT2D eigenvalue weighted by Gasteiger charge is -2.31. The van der Waals surface area contributed by atoms with E-state index in [1.54, 1.807) is 0 Å². The molecule has 0 aliphatic rings. The normalized spacial score (nSPS) is 14.2. The molecule has 1 atom stereocenters. The predicted octanol–water partition coefficient (Wildman–Crippen LogP) is 4.10. The second kappa shape index (κ2) is 5.68. The summed E-state index contributed by atoms with van der Waals surface area (Å²) in [5, 5.41) is 0. The van der Waals surface area contributed by atoms with Crippen LogP contribution in [0.15, 0.2) is 59.1 Å². The van der Waals surface area contributed by atoms with Crippen molar-refractivity contribution in [2.45, 2.75) is 18.8 Å². The molecule has 2 rings (SSSR count). The van der Waals surface area contributed by atoms with Crippen LogP contribution < -0.4 is 5.73 Å². The number of nitrogens with two attached hydrogens (primary N) is 1. The van der Waals surface area contributed by atoms with Crippen molar-refractivity contribution in [1.29, 1.82) is 0 Å². The lowest BCUT2D eigenvalue weighted by atomic mass is 9.74. The zero-order valence-corrected chi connectivity index (χ0v) is 12.2. The van der Waals surface area contributed by atoms with Gasteiger partial charge >= 0.3 is 0 Å². The van der Waals surface area contributed by atoms with Crippen LogP contribution in [0, 0.1) is 0 Å². The fraction of sp³-hybridized carbons (Fsp3) is 0.250. The first kappa shape index (κ1) is 13.3. The summed E-state index contributed by atoms with van der Waals surface area (Å²) >= 11 is 3.55. The van der Waals surface area contributed by atoms with E-state index in [4.69, 9.17) is 5.73 Å². The van der Waals surface area contributed by atoms with Crippen LogP contribution in [0.5, 0.6) is 0 Å². The topological polar surface area (TPSA) is 26.0 Å². The minimum atomic E-state index is -0.0280. The molecule has 2 N–H and O–H groups in total. The molecular weight excluding hydrogens is 286 g/mol. The third-order valence-corrected chi connectivity index (χ3v) is 4.01. The summed E-state index contributed by atoms with van der Waals surface area (Å²) in [6.45, 7) is 2.94. The van der Waals surface area contributed by atoms with Gasteiger partial charge in [0.25, 0.3) is 0 Å². The molecule has 1 nitrogen and oxygen atoms in total. The Morgan fingerprint density at radius 2 is 1.67 bits per heavy atom. The molecule has 0 saturated heterocycles. The molecule has 0 aromatic heterocycles. The first-order valence-electron chi connectivity index (χ1n) is 6.18. The Morgan fingerprint density at radius 1 is 1.00 bits per heavy atom. The van der Waals surface area contributed by atoms with Crippen LogP contribution in [0.4, 0.5) is 0 Å². The highest BCUT2D eigenvalue weighted by Crippen LogP contribution is 2.35. The molecule has 0 aliphatic carbocycles. The van der Waals surface area contributed by atoms with E-state index in [2.05, 4.69) is 71.4 Å². The number of rotatable bonds is 4. The summed E-state index contributed by atoms with van der Waals surface area (Å²) in [5.74, 6) is 0. The van der Waals surface area contributed by atoms with E-state index in [1.807, 2.05) is 6.07 Å². The van der Waals surface area contributed by atoms with E-state index in [9.17, 15) is 0 Å². The Hall–Kier alpha value is -1.12. The van der Waals surface area contributed by atoms with Crippen LogP contribution in [-0.4, -0.2) is 6.54 Å². The molecule has 0 heterocycles. The average molecular weight is 304 g/mol. The number of hydrogen-bond acceptors (Lipinski definition) is 1. The Bertz CT molecular complexity index is 510. The first-order valence-corrected chi connectivity index (χ1v) is 6.98. The number of hydrogen-bond donors (Lipinski definition) is 1. The van der Waals surface area contributed by atoms with Gasteiger partial charge in [-0.15, -0.1) is 0 Å². The zero-order chi connectivity index (χ0) is 13.0. The fourth-order valence-electron chi connectivity index (χ4n) is 2.38. The number of benzene rings is 2. The molecule has 0 fully saturated rings. The van der Waals surface area contributed by atoms with Crippen molar-refractivity contribution in [1.82, 2.24) is 0 Å². The van der Waals surface area contributed by atoms with Crippen LogP contribution in [0.1, 0.15) is 24.5 Å². The highest BCUT2D eigenvalue weighted by Gasteiger charge is 2.27. The minimum absolute atomic E-state index is 0.0280. The van der Waals surface area contributed by atoms with Crippen LogP contribution in [0.2, 0.25) is 0 Å². The molecule has 2 heteroatoms. The fourth-order valence-corrected chi connectivity index (χ4v) is 2.78. The Kier molecular flexibility index (Phi) is 4.20. The third kappa shape index (κ3) is 2.65. The van der Waals surface area contributed by atoms with Crippen LogP contribution in [-0.2, 0) is 5.41 Å². The zero-order valence-electron chi connectivity index (χ0n) is 10.6. The van der Waals surface area contributed by atoms with Gasteiger partial charge in [0, 0.05) is 9.89 Å². The van der Waals surface area contributed by atoms with E-state index < -0.39 is 0 Å². The summed E-state index contributed by atoms with van der Waals surface area (Å²) in [7, 11) is 0. The smallest absolute Gasteiger partial charge is 0.0187 e. The standard InChI is InChI=1S/C16H18BrN/c1-16(10-11-18,13-6-3-2-4-7-13)14-8-5-9-15(17)12-14/h2-9,12H,10-11,18H2,1H3. The molecule has 0 saturated carbocycles. The lowest BCUT2D eigenvalue weighted by molar-refractivity contribution is 0.528. The quantitative estimate of drug-likeness (QED) is 0.904. The Morgan fingerprint density at radius 3 is 2.28 bits per heavy atom. The molecule has 2 aromatic carbocycles. The van der Waals surface area contributed by atoms with Gasteiger partial charge in [-0.3, -0.25) is 0 Å². The molecular formula is C16H18BrN. The van der Waals surface area contributed by atoms with Gasteiger partial charge in [0.15, 0.2) is 0 Å². The van der Waals surface area contributed by atoms with Gasteiger partial charge < -0.3 is 5.73 Å². The highest BCUT2D eigenvalue weighted by atomic mass is 79.9. The maximum absolute atomic E-state index is 5.82. The molecule has 2 aromatic rings. The van der Waals surface area contributed by atoms with Gasteiger partial charge in [-0.1, -0.05) is 65.3 Å². The van der Waals surface area contributed by atoms with E-state index in [-0.39, 0.29) is 5.41 Å². The second-order valence-corrected chi connectivity index (χ2v) is 5.66. The van der Waals surface area contributed by atoms with Crippen molar-refractivity contribution in [3.63, 3.8) is 0 Å². The van der Waals surface area contributed by atoms with E-state index in [0.717, 1.165) is 10.9 Å². The van der Waals surface area contributed by atoms with E-state index in [0.29, 0.717) is 6.54 Å². The molecule has 0 spiro atoms. The summed E-state index contributed by atoms with van der Waals surface area (Å²) in [5.41, 5.74) is 8.40. The molecule has 94 valence electrons. The molecule has 0 radical (unpaired) electrons. The first-order chi connectivity index (χ1) is 8.66. The lowest BCUT2D eigenvalue weighted by Crippen LogP contribution is -2.27. The second-order valence-electron chi connectivity index (χ2n) is 4.75. The van der Waals surface area contributed by atoms with Gasteiger partial charge in [0.05, 0.1) is 0 Å². The van der Waals surface area contributed by atoms with Crippen molar-refractivity contribution in [3.05, 3.63) is 70.2 Å². The van der Waals surface area contributed by atoms with Crippen molar-refractivity contribution in [2.24, 2.45) is 5.73 Å². The minimum Gasteiger partial charge on any atom is -0.330 e. The summed E-state index contributed by atoms with van der Waals surface area (Å²) in [4.78, 5) is 0. The van der Waals surface area contributed by atoms with Gasteiger partial charge in [0.1, 0.15) is 0 Å². The van der Waals surface area contributed by atoms with Crippen LogP contribution in [0.3, 0.4) is 0 Å². The maximum atomic E-state index is 5.82. The largest absolute Gasteiger partial charge is 0.330 e.